The van der Waals surface area contributed by atoms with Gasteiger partial charge in [-0.3, -0.25) is 9.97 Å². The van der Waals surface area contributed by atoms with Gasteiger partial charge in [0, 0.05) is 12.4 Å². The van der Waals surface area contributed by atoms with Crippen molar-refractivity contribution in [3.05, 3.63) is 73.1 Å². The van der Waals surface area contributed by atoms with Crippen LogP contribution >= 0.6 is 0 Å². The third-order valence-corrected chi connectivity index (χ3v) is 3.89. The van der Waals surface area contributed by atoms with E-state index in [1.807, 2.05) is 60.7 Å². The Bertz CT molecular complexity index is 892. The van der Waals surface area contributed by atoms with Crippen LogP contribution in [0.3, 0.4) is 0 Å². The number of nitrogens with zero attached hydrogens (tertiary/aromatic N) is 2. The standard InChI is InChI=1S/C18H13BN2O/c22-19(15-5-7-17-13(11-15)3-1-9-20-17)16-6-8-18-14(12-16)4-2-10-21-18/h1-12,22H. The molecule has 0 atom stereocenters. The van der Waals surface area contributed by atoms with Gasteiger partial charge in [0.05, 0.1) is 11.0 Å². The Morgan fingerprint density at radius 3 is 1.68 bits per heavy atom. The van der Waals surface area contributed by atoms with Gasteiger partial charge in [0.2, 0.25) is 0 Å². The lowest BCUT2D eigenvalue weighted by molar-refractivity contribution is 0.600. The molecule has 0 aliphatic carbocycles. The third-order valence-electron chi connectivity index (χ3n) is 3.89. The molecule has 4 aromatic rings. The monoisotopic (exact) mass is 284 g/mol. The van der Waals surface area contributed by atoms with Crippen LogP contribution in [0.4, 0.5) is 0 Å². The molecule has 4 rings (SSSR count). The molecule has 0 bridgehead atoms. The summed E-state index contributed by atoms with van der Waals surface area (Å²) in [7, 11) is 0. The third kappa shape index (κ3) is 2.24. The molecule has 0 aliphatic heterocycles. The van der Waals surface area contributed by atoms with Gasteiger partial charge in [-0.05, 0) is 46.0 Å². The largest absolute Gasteiger partial charge is 0.443 e. The Morgan fingerprint density at radius 1 is 0.682 bits per heavy atom. The van der Waals surface area contributed by atoms with E-state index in [1.165, 1.54) is 0 Å². The molecule has 1 N–H and O–H groups in total. The number of hydrogen-bond donors (Lipinski definition) is 1. The van der Waals surface area contributed by atoms with E-state index in [0.717, 1.165) is 32.7 Å². The van der Waals surface area contributed by atoms with Crippen molar-refractivity contribution in [2.45, 2.75) is 0 Å². The predicted molar refractivity (Wildman–Crippen MR) is 90.7 cm³/mol. The van der Waals surface area contributed by atoms with Gasteiger partial charge in [-0.15, -0.1) is 0 Å². The molecule has 104 valence electrons. The van der Waals surface area contributed by atoms with Crippen molar-refractivity contribution in [2.24, 2.45) is 0 Å². The summed E-state index contributed by atoms with van der Waals surface area (Å²) in [6, 6.07) is 19.5. The van der Waals surface area contributed by atoms with Gasteiger partial charge in [0.25, 0.3) is 0 Å². The van der Waals surface area contributed by atoms with Crippen LogP contribution in [0, 0.1) is 0 Å². The average molecular weight is 284 g/mol. The smallest absolute Gasteiger partial charge is 0.358 e. The van der Waals surface area contributed by atoms with Crippen molar-refractivity contribution in [2.75, 3.05) is 0 Å². The summed E-state index contributed by atoms with van der Waals surface area (Å²) in [5.74, 6) is 0. The lowest BCUT2D eigenvalue weighted by Crippen LogP contribution is -2.42. The molecule has 22 heavy (non-hydrogen) atoms. The fraction of sp³-hybridized carbons (Fsp3) is 0. The molecule has 2 aromatic carbocycles. The summed E-state index contributed by atoms with van der Waals surface area (Å²) in [4.78, 5) is 8.61. The lowest BCUT2D eigenvalue weighted by atomic mass is 9.55. The van der Waals surface area contributed by atoms with Crippen LogP contribution in [-0.2, 0) is 0 Å². The van der Waals surface area contributed by atoms with Crippen LogP contribution in [0.1, 0.15) is 0 Å². The maximum Gasteiger partial charge on any atom is 0.358 e. The van der Waals surface area contributed by atoms with Crippen molar-refractivity contribution in [1.29, 1.82) is 0 Å². The Labute approximate surface area is 128 Å². The minimum atomic E-state index is -0.658. The van der Waals surface area contributed by atoms with Crippen LogP contribution in [-0.4, -0.2) is 21.9 Å². The summed E-state index contributed by atoms with van der Waals surface area (Å²) in [5.41, 5.74) is 3.59. The first-order valence-electron chi connectivity index (χ1n) is 7.19. The Morgan fingerprint density at radius 2 is 1.18 bits per heavy atom. The molecular formula is C18H13BN2O. The second kappa shape index (κ2) is 5.24. The van der Waals surface area contributed by atoms with Crippen molar-refractivity contribution >= 4 is 39.6 Å². The molecule has 0 saturated heterocycles. The lowest BCUT2D eigenvalue weighted by Gasteiger charge is -2.09. The molecule has 0 amide bonds. The number of aromatic nitrogens is 2. The zero-order valence-corrected chi connectivity index (χ0v) is 11.8. The van der Waals surface area contributed by atoms with Gasteiger partial charge in [-0.2, -0.15) is 0 Å². The van der Waals surface area contributed by atoms with E-state index in [1.54, 1.807) is 12.4 Å². The summed E-state index contributed by atoms with van der Waals surface area (Å²) < 4.78 is 0. The molecule has 3 nitrogen and oxygen atoms in total. The summed E-state index contributed by atoms with van der Waals surface area (Å²) in [6.07, 6.45) is 3.55. The number of hydrogen-bond acceptors (Lipinski definition) is 3. The van der Waals surface area contributed by atoms with Crippen LogP contribution in [0.5, 0.6) is 0 Å². The highest BCUT2D eigenvalue weighted by Crippen LogP contribution is 2.10. The molecule has 0 aliphatic rings. The van der Waals surface area contributed by atoms with Gasteiger partial charge in [-0.1, -0.05) is 36.4 Å². The Hall–Kier alpha value is -2.72. The van der Waals surface area contributed by atoms with Crippen LogP contribution in [0.15, 0.2) is 73.1 Å². The van der Waals surface area contributed by atoms with Crippen molar-refractivity contribution in [3.63, 3.8) is 0 Å². The Balaban J connectivity index is 1.78. The summed E-state index contributed by atoms with van der Waals surface area (Å²) >= 11 is 0. The molecule has 0 saturated carbocycles. The average Bonchev–Trinajstić information content (AvgIpc) is 2.60. The van der Waals surface area contributed by atoms with Gasteiger partial charge >= 0.3 is 6.92 Å². The van der Waals surface area contributed by atoms with Crippen LogP contribution in [0.2, 0.25) is 0 Å². The van der Waals surface area contributed by atoms with E-state index in [9.17, 15) is 5.02 Å². The zero-order valence-electron chi connectivity index (χ0n) is 11.8. The van der Waals surface area contributed by atoms with E-state index >= 15 is 0 Å². The first-order chi connectivity index (χ1) is 10.8. The number of pyridine rings is 2. The molecule has 0 radical (unpaired) electrons. The fourth-order valence-corrected chi connectivity index (χ4v) is 2.72. The fourth-order valence-electron chi connectivity index (χ4n) is 2.72. The highest BCUT2D eigenvalue weighted by molar-refractivity contribution is 6.79. The van der Waals surface area contributed by atoms with Crippen LogP contribution < -0.4 is 10.9 Å². The van der Waals surface area contributed by atoms with E-state index in [4.69, 9.17) is 0 Å². The molecule has 4 heteroatoms. The van der Waals surface area contributed by atoms with E-state index in [0.29, 0.717) is 0 Å². The van der Waals surface area contributed by atoms with Gasteiger partial charge in [-0.25, -0.2) is 0 Å². The Kier molecular flexibility index (Phi) is 3.09. The number of benzene rings is 2. The highest BCUT2D eigenvalue weighted by atomic mass is 16.2. The van der Waals surface area contributed by atoms with E-state index in [2.05, 4.69) is 9.97 Å². The molecule has 0 unspecified atom stereocenters. The topological polar surface area (TPSA) is 46.0 Å². The van der Waals surface area contributed by atoms with E-state index < -0.39 is 6.92 Å². The molecule has 0 fully saturated rings. The predicted octanol–water partition coefficient (Wildman–Crippen LogP) is 1.88. The SMILES string of the molecule is OB(c1ccc2ncccc2c1)c1ccc2ncccc2c1. The minimum absolute atomic E-state index is 0.658. The molecule has 2 heterocycles. The maximum absolute atomic E-state index is 10.7. The van der Waals surface area contributed by atoms with Gasteiger partial charge in [0.1, 0.15) is 0 Å². The first-order valence-corrected chi connectivity index (χ1v) is 7.19. The van der Waals surface area contributed by atoms with Gasteiger partial charge in [0.15, 0.2) is 0 Å². The van der Waals surface area contributed by atoms with Gasteiger partial charge < -0.3 is 5.02 Å². The summed E-state index contributed by atoms with van der Waals surface area (Å²) in [5, 5.41) is 12.7. The second-order valence-electron chi connectivity index (χ2n) is 5.31. The normalized spacial score (nSPS) is 11.0. The quantitative estimate of drug-likeness (QED) is 0.572. The van der Waals surface area contributed by atoms with Crippen molar-refractivity contribution in [3.8, 4) is 0 Å². The van der Waals surface area contributed by atoms with E-state index in [-0.39, 0.29) is 0 Å². The number of fused-ring (bicyclic) bond motifs is 2. The second-order valence-corrected chi connectivity index (χ2v) is 5.31. The summed E-state index contributed by atoms with van der Waals surface area (Å²) in [6.45, 7) is -0.658. The molecule has 2 aromatic heterocycles. The maximum atomic E-state index is 10.7. The first kappa shape index (κ1) is 13.0. The number of rotatable bonds is 2. The minimum Gasteiger partial charge on any atom is -0.443 e. The van der Waals surface area contributed by atoms with Crippen LogP contribution in [0.25, 0.3) is 21.8 Å². The highest BCUT2D eigenvalue weighted by Gasteiger charge is 2.17. The van der Waals surface area contributed by atoms with Crippen molar-refractivity contribution in [1.82, 2.24) is 9.97 Å². The zero-order chi connectivity index (χ0) is 14.9. The van der Waals surface area contributed by atoms with Crippen molar-refractivity contribution < 1.29 is 5.02 Å². The molecule has 0 spiro atoms. The molecular weight excluding hydrogens is 271 g/mol.